The van der Waals surface area contributed by atoms with E-state index < -0.39 is 12.0 Å². The van der Waals surface area contributed by atoms with Crippen LogP contribution in [0.25, 0.3) is 0 Å². The molecule has 104 valence electrons. The SMILES string of the molecule is NC1C=CC(C(=O)N2CC3CCCC3C2C(=O)O)C1. The van der Waals surface area contributed by atoms with Gasteiger partial charge in [-0.15, -0.1) is 0 Å². The summed E-state index contributed by atoms with van der Waals surface area (Å²) in [6, 6.07) is -0.690. The van der Waals surface area contributed by atoms with Crippen LogP contribution in [0.3, 0.4) is 0 Å². The number of nitrogens with zero attached hydrogens (tertiary/aromatic N) is 1. The zero-order valence-electron chi connectivity index (χ0n) is 10.9. The quantitative estimate of drug-likeness (QED) is 0.715. The molecule has 5 nitrogen and oxygen atoms in total. The van der Waals surface area contributed by atoms with Crippen molar-refractivity contribution in [2.24, 2.45) is 23.5 Å². The summed E-state index contributed by atoms with van der Waals surface area (Å²) in [5.74, 6) is -0.597. The molecule has 0 bridgehead atoms. The molecular formula is C14H20N2O3. The summed E-state index contributed by atoms with van der Waals surface area (Å²) in [7, 11) is 0. The van der Waals surface area contributed by atoms with Gasteiger partial charge in [-0.3, -0.25) is 4.79 Å². The normalized spacial score (nSPS) is 40.7. The Kier molecular flexibility index (Phi) is 3.09. The average Bonchev–Trinajstić information content (AvgIpc) is 3.00. The molecule has 0 aromatic carbocycles. The van der Waals surface area contributed by atoms with Crippen molar-refractivity contribution >= 4 is 11.9 Å². The zero-order valence-corrected chi connectivity index (χ0v) is 10.9. The van der Waals surface area contributed by atoms with E-state index in [0.717, 1.165) is 19.3 Å². The second kappa shape index (κ2) is 4.63. The summed E-state index contributed by atoms with van der Waals surface area (Å²) in [4.78, 5) is 25.6. The van der Waals surface area contributed by atoms with Crippen molar-refractivity contribution in [3.63, 3.8) is 0 Å². The highest BCUT2D eigenvalue weighted by Gasteiger charge is 2.50. The van der Waals surface area contributed by atoms with Crippen molar-refractivity contribution in [2.45, 2.75) is 37.8 Å². The molecule has 1 amide bonds. The summed E-state index contributed by atoms with van der Waals surface area (Å²) < 4.78 is 0. The van der Waals surface area contributed by atoms with E-state index in [1.165, 1.54) is 0 Å². The first-order chi connectivity index (χ1) is 9.08. The van der Waals surface area contributed by atoms with Crippen molar-refractivity contribution in [2.75, 3.05) is 6.54 Å². The van der Waals surface area contributed by atoms with E-state index in [1.54, 1.807) is 4.90 Å². The molecule has 1 saturated heterocycles. The summed E-state index contributed by atoms with van der Waals surface area (Å²) >= 11 is 0. The Balaban J connectivity index is 1.78. The average molecular weight is 264 g/mol. The smallest absolute Gasteiger partial charge is 0.326 e. The molecule has 0 spiro atoms. The Bertz CT molecular complexity index is 434. The molecule has 0 radical (unpaired) electrons. The van der Waals surface area contributed by atoms with Gasteiger partial charge in [0.2, 0.25) is 5.91 Å². The van der Waals surface area contributed by atoms with Crippen LogP contribution < -0.4 is 5.73 Å². The molecule has 3 N–H and O–H groups in total. The molecule has 5 heteroatoms. The number of amides is 1. The highest BCUT2D eigenvalue weighted by molar-refractivity contribution is 5.87. The van der Waals surface area contributed by atoms with Gasteiger partial charge in [0.25, 0.3) is 0 Å². The van der Waals surface area contributed by atoms with Gasteiger partial charge in [0, 0.05) is 12.6 Å². The van der Waals surface area contributed by atoms with Crippen LogP contribution in [-0.4, -0.2) is 40.5 Å². The molecule has 2 aliphatic carbocycles. The van der Waals surface area contributed by atoms with E-state index >= 15 is 0 Å². The monoisotopic (exact) mass is 264 g/mol. The number of fused-ring (bicyclic) bond motifs is 1. The fourth-order valence-corrected chi connectivity index (χ4v) is 3.97. The van der Waals surface area contributed by atoms with Gasteiger partial charge in [-0.1, -0.05) is 18.6 Å². The van der Waals surface area contributed by atoms with Gasteiger partial charge < -0.3 is 15.7 Å². The third-order valence-electron chi connectivity index (χ3n) is 4.86. The molecule has 0 aromatic rings. The number of rotatable bonds is 2. The number of aliphatic carboxylic acids is 1. The first kappa shape index (κ1) is 12.7. The van der Waals surface area contributed by atoms with Crippen molar-refractivity contribution in [1.82, 2.24) is 4.90 Å². The molecule has 0 aromatic heterocycles. The van der Waals surface area contributed by atoms with E-state index in [1.807, 2.05) is 12.2 Å². The predicted octanol–water partition coefficient (Wildman–Crippen LogP) is 0.601. The minimum absolute atomic E-state index is 0.0500. The van der Waals surface area contributed by atoms with Crippen LogP contribution >= 0.6 is 0 Å². The van der Waals surface area contributed by atoms with Gasteiger partial charge in [0.05, 0.1) is 5.92 Å². The summed E-state index contributed by atoms with van der Waals surface area (Å²) in [5, 5.41) is 9.44. The van der Waals surface area contributed by atoms with Gasteiger partial charge >= 0.3 is 5.97 Å². The fourth-order valence-electron chi connectivity index (χ4n) is 3.97. The first-order valence-corrected chi connectivity index (χ1v) is 7.05. The Morgan fingerprint density at radius 1 is 1.26 bits per heavy atom. The molecule has 1 heterocycles. The van der Waals surface area contributed by atoms with Crippen LogP contribution in [0.15, 0.2) is 12.2 Å². The molecule has 5 unspecified atom stereocenters. The Labute approximate surface area is 112 Å². The standard InChI is InChI=1S/C14H20N2O3/c15-10-5-4-8(6-10)13(17)16-7-9-2-1-3-11(9)12(16)14(18)19/h4-5,8-12H,1-3,6-7,15H2,(H,18,19). The Hall–Kier alpha value is -1.36. The minimum Gasteiger partial charge on any atom is -0.480 e. The van der Waals surface area contributed by atoms with Gasteiger partial charge in [0.15, 0.2) is 0 Å². The maximum Gasteiger partial charge on any atom is 0.326 e. The van der Waals surface area contributed by atoms with E-state index in [0.29, 0.717) is 18.9 Å². The summed E-state index contributed by atoms with van der Waals surface area (Å²) in [6.07, 6.45) is 7.37. The van der Waals surface area contributed by atoms with E-state index in [2.05, 4.69) is 0 Å². The van der Waals surface area contributed by atoms with Gasteiger partial charge in [-0.25, -0.2) is 4.79 Å². The van der Waals surface area contributed by atoms with Crippen molar-refractivity contribution in [1.29, 1.82) is 0 Å². The van der Waals surface area contributed by atoms with Gasteiger partial charge in [-0.05, 0) is 31.1 Å². The molecule has 1 aliphatic heterocycles. The van der Waals surface area contributed by atoms with Crippen LogP contribution in [0, 0.1) is 17.8 Å². The second-order valence-corrected chi connectivity index (χ2v) is 6.02. The summed E-state index contributed by atoms with van der Waals surface area (Å²) in [6.45, 7) is 0.611. The topological polar surface area (TPSA) is 83.6 Å². The van der Waals surface area contributed by atoms with Crippen molar-refractivity contribution in [3.05, 3.63) is 12.2 Å². The number of likely N-dealkylation sites (tertiary alicyclic amines) is 1. The first-order valence-electron chi connectivity index (χ1n) is 7.05. The number of carbonyl (C=O) groups excluding carboxylic acids is 1. The van der Waals surface area contributed by atoms with Crippen LogP contribution in [0.1, 0.15) is 25.7 Å². The lowest BCUT2D eigenvalue weighted by Crippen LogP contribution is -2.45. The second-order valence-electron chi connectivity index (χ2n) is 6.02. The summed E-state index contributed by atoms with van der Waals surface area (Å²) in [5.41, 5.74) is 5.77. The number of nitrogens with two attached hydrogens (primary N) is 1. The lowest BCUT2D eigenvalue weighted by molar-refractivity contribution is -0.150. The molecule has 3 aliphatic rings. The largest absolute Gasteiger partial charge is 0.480 e. The van der Waals surface area contributed by atoms with E-state index in [4.69, 9.17) is 5.73 Å². The molecule has 1 saturated carbocycles. The van der Waals surface area contributed by atoms with Crippen molar-refractivity contribution < 1.29 is 14.7 Å². The molecular weight excluding hydrogens is 244 g/mol. The number of carboxylic acid groups (broad SMARTS) is 1. The van der Waals surface area contributed by atoms with E-state index in [9.17, 15) is 14.7 Å². The van der Waals surface area contributed by atoms with Crippen LogP contribution in [0.2, 0.25) is 0 Å². The van der Waals surface area contributed by atoms with Gasteiger partial charge in [0.1, 0.15) is 6.04 Å². The van der Waals surface area contributed by atoms with Crippen molar-refractivity contribution in [3.8, 4) is 0 Å². The number of hydrogen-bond acceptors (Lipinski definition) is 3. The number of hydrogen-bond donors (Lipinski definition) is 2. The lowest BCUT2D eigenvalue weighted by Gasteiger charge is -2.26. The molecule has 2 fully saturated rings. The molecule has 5 atom stereocenters. The van der Waals surface area contributed by atoms with Gasteiger partial charge in [-0.2, -0.15) is 0 Å². The lowest BCUT2D eigenvalue weighted by atomic mass is 9.94. The number of carbonyl (C=O) groups is 2. The number of carboxylic acids is 1. The predicted molar refractivity (Wildman–Crippen MR) is 69.2 cm³/mol. The third-order valence-corrected chi connectivity index (χ3v) is 4.86. The van der Waals surface area contributed by atoms with Crippen LogP contribution in [-0.2, 0) is 9.59 Å². The zero-order chi connectivity index (χ0) is 13.6. The Morgan fingerprint density at radius 3 is 2.68 bits per heavy atom. The van der Waals surface area contributed by atoms with Crippen LogP contribution in [0.4, 0.5) is 0 Å². The molecule has 19 heavy (non-hydrogen) atoms. The minimum atomic E-state index is -0.853. The highest BCUT2D eigenvalue weighted by atomic mass is 16.4. The maximum atomic E-state index is 12.5. The van der Waals surface area contributed by atoms with E-state index in [-0.39, 0.29) is 23.8 Å². The fraction of sp³-hybridized carbons (Fsp3) is 0.714. The molecule has 3 rings (SSSR count). The highest BCUT2D eigenvalue weighted by Crippen LogP contribution is 2.43. The third kappa shape index (κ3) is 2.06. The van der Waals surface area contributed by atoms with Crippen LogP contribution in [0.5, 0.6) is 0 Å². The Morgan fingerprint density at radius 2 is 2.05 bits per heavy atom. The maximum absolute atomic E-state index is 12.5.